The Hall–Kier alpha value is -0.860. The average Bonchev–Trinajstić information content (AvgIpc) is 2.38. The normalized spacial score (nSPS) is 22.1. The minimum atomic E-state index is -0.353. The minimum Gasteiger partial charge on any atom is -0.387 e. The summed E-state index contributed by atoms with van der Waals surface area (Å²) in [5, 5.41) is 10.4. The number of aliphatic hydroxyl groups excluding tert-OH is 1. The Morgan fingerprint density at radius 2 is 1.95 bits per heavy atom. The molecule has 2 nitrogen and oxygen atoms in total. The summed E-state index contributed by atoms with van der Waals surface area (Å²) in [7, 11) is 0. The lowest BCUT2D eigenvalue weighted by molar-refractivity contribution is 0.0876. The lowest BCUT2D eigenvalue weighted by Gasteiger charge is -2.32. The monoisotopic (exact) mass is 275 g/mol. The van der Waals surface area contributed by atoms with Crippen LogP contribution in [0.2, 0.25) is 0 Å². The first-order valence-electron chi connectivity index (χ1n) is 8.04. The van der Waals surface area contributed by atoms with Gasteiger partial charge in [0.1, 0.15) is 0 Å². The fourth-order valence-electron chi connectivity index (χ4n) is 3.15. The number of nitrogens with zero attached hydrogens (tertiary/aromatic N) is 1. The predicted octanol–water partition coefficient (Wildman–Crippen LogP) is 3.65. The molecule has 1 saturated heterocycles. The summed E-state index contributed by atoms with van der Waals surface area (Å²) in [4.78, 5) is 2.40. The van der Waals surface area contributed by atoms with E-state index in [4.69, 9.17) is 0 Å². The summed E-state index contributed by atoms with van der Waals surface area (Å²) < 4.78 is 0. The molecule has 1 aliphatic rings. The highest BCUT2D eigenvalue weighted by molar-refractivity contribution is 5.24. The van der Waals surface area contributed by atoms with Gasteiger partial charge in [-0.3, -0.25) is 0 Å². The molecule has 2 rings (SSSR count). The molecule has 112 valence electrons. The van der Waals surface area contributed by atoms with Crippen molar-refractivity contribution >= 4 is 0 Å². The Kier molecular flexibility index (Phi) is 5.62. The van der Waals surface area contributed by atoms with Crippen LogP contribution < -0.4 is 0 Å². The van der Waals surface area contributed by atoms with Crippen molar-refractivity contribution in [2.24, 2.45) is 11.8 Å². The van der Waals surface area contributed by atoms with Crippen LogP contribution in [0.15, 0.2) is 24.3 Å². The van der Waals surface area contributed by atoms with Gasteiger partial charge in [-0.2, -0.15) is 0 Å². The lowest BCUT2D eigenvalue weighted by atomic mass is 9.98. The van der Waals surface area contributed by atoms with Crippen LogP contribution in [0.3, 0.4) is 0 Å². The van der Waals surface area contributed by atoms with Crippen molar-refractivity contribution in [3.8, 4) is 0 Å². The number of benzene rings is 1. The van der Waals surface area contributed by atoms with E-state index in [0.717, 1.165) is 37.5 Å². The number of hydrogen-bond acceptors (Lipinski definition) is 2. The van der Waals surface area contributed by atoms with Crippen LogP contribution in [0, 0.1) is 11.8 Å². The molecular formula is C18H29NO. The Morgan fingerprint density at radius 3 is 2.55 bits per heavy atom. The lowest BCUT2D eigenvalue weighted by Crippen LogP contribution is -2.37. The molecule has 1 fully saturated rings. The molecule has 1 aromatic carbocycles. The zero-order chi connectivity index (χ0) is 14.5. The second-order valence-corrected chi connectivity index (χ2v) is 6.86. The van der Waals surface area contributed by atoms with Crippen LogP contribution in [0.5, 0.6) is 0 Å². The zero-order valence-corrected chi connectivity index (χ0v) is 13.2. The highest BCUT2D eigenvalue weighted by Crippen LogP contribution is 2.21. The van der Waals surface area contributed by atoms with Crippen molar-refractivity contribution in [2.45, 2.75) is 46.1 Å². The fourth-order valence-corrected chi connectivity index (χ4v) is 3.15. The third-order valence-corrected chi connectivity index (χ3v) is 4.18. The number of β-amino-alcohol motifs (C(OH)–C–C–N with tert-alkyl or cyclic N) is 1. The fraction of sp³-hybridized carbons (Fsp3) is 0.667. The molecule has 1 N–H and O–H groups in total. The summed E-state index contributed by atoms with van der Waals surface area (Å²) in [6.07, 6.45) is 3.35. The maximum atomic E-state index is 10.4. The first-order chi connectivity index (χ1) is 9.54. The molecule has 0 aromatic heterocycles. The number of piperidine rings is 1. The SMILES string of the molecule is CC(C)Cc1ccc(C(O)CN2CCCC(C)C2)cc1. The van der Waals surface area contributed by atoms with E-state index in [9.17, 15) is 5.11 Å². The molecule has 0 aliphatic carbocycles. The molecule has 1 heterocycles. The first kappa shape index (κ1) is 15.5. The van der Waals surface area contributed by atoms with E-state index in [-0.39, 0.29) is 6.10 Å². The predicted molar refractivity (Wildman–Crippen MR) is 84.8 cm³/mol. The number of rotatable bonds is 5. The van der Waals surface area contributed by atoms with Gasteiger partial charge in [0.25, 0.3) is 0 Å². The first-order valence-corrected chi connectivity index (χ1v) is 8.04. The molecule has 2 atom stereocenters. The minimum absolute atomic E-state index is 0.353. The summed E-state index contributed by atoms with van der Waals surface area (Å²) in [5.74, 6) is 1.45. The quantitative estimate of drug-likeness (QED) is 0.886. The maximum Gasteiger partial charge on any atom is 0.0916 e. The Morgan fingerprint density at radius 1 is 1.25 bits per heavy atom. The Balaban J connectivity index is 1.90. The summed E-state index contributed by atoms with van der Waals surface area (Å²) >= 11 is 0. The number of hydrogen-bond donors (Lipinski definition) is 1. The molecule has 0 spiro atoms. The van der Waals surface area contributed by atoms with Gasteiger partial charge in [0, 0.05) is 13.1 Å². The molecule has 20 heavy (non-hydrogen) atoms. The van der Waals surface area contributed by atoms with Crippen LogP contribution in [0.25, 0.3) is 0 Å². The summed E-state index contributed by atoms with van der Waals surface area (Å²) in [6.45, 7) is 9.81. The van der Waals surface area contributed by atoms with Crippen molar-refractivity contribution in [2.75, 3.05) is 19.6 Å². The highest BCUT2D eigenvalue weighted by atomic mass is 16.3. The van der Waals surface area contributed by atoms with Crippen LogP contribution in [-0.4, -0.2) is 29.6 Å². The van der Waals surface area contributed by atoms with Crippen molar-refractivity contribution in [3.63, 3.8) is 0 Å². The van der Waals surface area contributed by atoms with Crippen molar-refractivity contribution in [1.82, 2.24) is 4.90 Å². The molecule has 2 heteroatoms. The maximum absolute atomic E-state index is 10.4. The van der Waals surface area contributed by atoms with Gasteiger partial charge >= 0.3 is 0 Å². The Labute approximate surface area is 123 Å². The van der Waals surface area contributed by atoms with Gasteiger partial charge < -0.3 is 10.0 Å². The van der Waals surface area contributed by atoms with E-state index in [1.54, 1.807) is 0 Å². The van der Waals surface area contributed by atoms with E-state index >= 15 is 0 Å². The third-order valence-electron chi connectivity index (χ3n) is 4.18. The molecule has 1 aromatic rings. The smallest absolute Gasteiger partial charge is 0.0916 e. The highest BCUT2D eigenvalue weighted by Gasteiger charge is 2.19. The van der Waals surface area contributed by atoms with Gasteiger partial charge in [-0.15, -0.1) is 0 Å². The van der Waals surface area contributed by atoms with E-state index in [0.29, 0.717) is 5.92 Å². The van der Waals surface area contributed by atoms with Crippen molar-refractivity contribution < 1.29 is 5.11 Å². The summed E-state index contributed by atoms with van der Waals surface area (Å²) in [5.41, 5.74) is 2.42. The van der Waals surface area contributed by atoms with E-state index in [2.05, 4.69) is 49.9 Å². The molecule has 0 bridgehead atoms. The van der Waals surface area contributed by atoms with Gasteiger partial charge in [-0.25, -0.2) is 0 Å². The second kappa shape index (κ2) is 7.24. The van der Waals surface area contributed by atoms with Crippen LogP contribution >= 0.6 is 0 Å². The van der Waals surface area contributed by atoms with E-state index < -0.39 is 0 Å². The topological polar surface area (TPSA) is 23.5 Å². The molecular weight excluding hydrogens is 246 g/mol. The second-order valence-electron chi connectivity index (χ2n) is 6.86. The van der Waals surface area contributed by atoms with Gasteiger partial charge in [-0.05, 0) is 48.8 Å². The molecule has 0 radical (unpaired) electrons. The standard InChI is InChI=1S/C18H29NO/c1-14(2)11-16-6-8-17(9-7-16)18(20)13-19-10-4-5-15(3)12-19/h6-9,14-15,18,20H,4-5,10-13H2,1-3H3. The van der Waals surface area contributed by atoms with E-state index in [1.807, 2.05) is 0 Å². The van der Waals surface area contributed by atoms with Gasteiger partial charge in [0.05, 0.1) is 6.10 Å². The molecule has 0 saturated carbocycles. The Bertz CT molecular complexity index is 398. The summed E-state index contributed by atoms with van der Waals surface area (Å²) in [6, 6.07) is 8.51. The van der Waals surface area contributed by atoms with Crippen molar-refractivity contribution in [3.05, 3.63) is 35.4 Å². The van der Waals surface area contributed by atoms with Gasteiger partial charge in [0.2, 0.25) is 0 Å². The largest absolute Gasteiger partial charge is 0.387 e. The van der Waals surface area contributed by atoms with Gasteiger partial charge in [0.15, 0.2) is 0 Å². The third kappa shape index (κ3) is 4.60. The van der Waals surface area contributed by atoms with Crippen LogP contribution in [0.4, 0.5) is 0 Å². The van der Waals surface area contributed by atoms with E-state index in [1.165, 1.54) is 18.4 Å². The van der Waals surface area contributed by atoms with Gasteiger partial charge in [-0.1, -0.05) is 45.0 Å². The number of aliphatic hydroxyl groups is 1. The molecule has 2 unspecified atom stereocenters. The van der Waals surface area contributed by atoms with Crippen LogP contribution in [-0.2, 0) is 6.42 Å². The number of likely N-dealkylation sites (tertiary alicyclic amines) is 1. The average molecular weight is 275 g/mol. The zero-order valence-electron chi connectivity index (χ0n) is 13.2. The molecule has 1 aliphatic heterocycles. The van der Waals surface area contributed by atoms with Crippen molar-refractivity contribution in [1.29, 1.82) is 0 Å². The van der Waals surface area contributed by atoms with Crippen LogP contribution in [0.1, 0.15) is 50.8 Å². The molecule has 0 amide bonds.